The van der Waals surface area contributed by atoms with E-state index in [1.165, 1.54) is 0 Å². The molecule has 3 heterocycles. The summed E-state index contributed by atoms with van der Waals surface area (Å²) >= 11 is 6.19. The summed E-state index contributed by atoms with van der Waals surface area (Å²) in [5, 5.41) is 3.38. The van der Waals surface area contributed by atoms with Gasteiger partial charge in [-0.05, 0) is 61.0 Å². The molecule has 1 saturated heterocycles. The van der Waals surface area contributed by atoms with Gasteiger partial charge in [0.1, 0.15) is 5.82 Å². The third-order valence-electron chi connectivity index (χ3n) is 6.11. The molecule has 2 aliphatic heterocycles. The quantitative estimate of drug-likeness (QED) is 0.501. The molecule has 1 unspecified atom stereocenters. The van der Waals surface area contributed by atoms with Gasteiger partial charge in [-0.15, -0.1) is 0 Å². The summed E-state index contributed by atoms with van der Waals surface area (Å²) in [6, 6.07) is 3.14. The van der Waals surface area contributed by atoms with Gasteiger partial charge in [-0.3, -0.25) is 0 Å². The fourth-order valence-corrected chi connectivity index (χ4v) is 4.58. The largest absolute Gasteiger partial charge is 0.416 e. The Kier molecular flexibility index (Phi) is 6.78. The number of anilines is 2. The van der Waals surface area contributed by atoms with Crippen LogP contribution in [0.15, 0.2) is 18.2 Å². The van der Waals surface area contributed by atoms with E-state index in [-0.39, 0.29) is 11.0 Å². The molecule has 1 fully saturated rings. The van der Waals surface area contributed by atoms with Crippen LogP contribution in [0.4, 0.5) is 24.7 Å². The van der Waals surface area contributed by atoms with Gasteiger partial charge in [0.15, 0.2) is 0 Å². The van der Waals surface area contributed by atoms with Gasteiger partial charge in [-0.25, -0.2) is 9.97 Å². The molecule has 6 nitrogen and oxygen atoms in total. The van der Waals surface area contributed by atoms with Crippen molar-refractivity contribution in [2.45, 2.75) is 38.4 Å². The summed E-state index contributed by atoms with van der Waals surface area (Å²) in [6.07, 6.45) is -1.91. The van der Waals surface area contributed by atoms with E-state index in [0.29, 0.717) is 17.3 Å². The van der Waals surface area contributed by atoms with E-state index in [2.05, 4.69) is 20.2 Å². The van der Waals surface area contributed by atoms with E-state index < -0.39 is 17.8 Å². The van der Waals surface area contributed by atoms with Crippen molar-refractivity contribution in [2.75, 3.05) is 43.9 Å². The van der Waals surface area contributed by atoms with Crippen LogP contribution in [-0.2, 0) is 23.8 Å². The first kappa shape index (κ1) is 23.1. The van der Waals surface area contributed by atoms with Crippen LogP contribution in [0.25, 0.3) is 0 Å². The lowest BCUT2D eigenvalue weighted by Gasteiger charge is -2.22. The number of hydrogen-bond donors (Lipinski definition) is 2. The fourth-order valence-electron chi connectivity index (χ4n) is 4.39. The molecule has 10 heteroatoms. The van der Waals surface area contributed by atoms with Crippen molar-refractivity contribution < 1.29 is 17.9 Å². The minimum absolute atomic E-state index is 0.0644. The summed E-state index contributed by atoms with van der Waals surface area (Å²) in [5.74, 6) is 1.12. The Bertz CT molecular complexity index is 965. The van der Waals surface area contributed by atoms with Crippen molar-refractivity contribution in [3.8, 4) is 0 Å². The number of nitrogens with two attached hydrogens (primary N) is 1. The molecule has 3 N–H and O–H groups in total. The Hall–Kier alpha value is -2.10. The Morgan fingerprint density at radius 3 is 2.75 bits per heavy atom. The van der Waals surface area contributed by atoms with Crippen LogP contribution in [0, 0.1) is 5.92 Å². The Labute approximate surface area is 190 Å². The maximum Gasteiger partial charge on any atom is 0.416 e. The number of nitrogens with one attached hydrogen (secondary N) is 1. The molecule has 4 rings (SSSR count). The summed E-state index contributed by atoms with van der Waals surface area (Å²) in [7, 11) is 0. The Balaban J connectivity index is 1.53. The van der Waals surface area contributed by atoms with Gasteiger partial charge in [0.2, 0.25) is 5.28 Å². The van der Waals surface area contributed by atoms with E-state index in [9.17, 15) is 13.2 Å². The lowest BCUT2D eigenvalue weighted by atomic mass is 10.0. The van der Waals surface area contributed by atoms with Crippen LogP contribution in [-0.4, -0.2) is 47.7 Å². The normalized spacial score (nSPS) is 20.6. The first-order valence-electron chi connectivity index (χ1n) is 10.8. The second-order valence-corrected chi connectivity index (χ2v) is 8.89. The zero-order valence-corrected chi connectivity index (χ0v) is 18.6. The summed E-state index contributed by atoms with van der Waals surface area (Å²) < 4.78 is 45.1. The topological polar surface area (TPSA) is 76.3 Å². The van der Waals surface area contributed by atoms with Crippen molar-refractivity contribution >= 4 is 23.1 Å². The van der Waals surface area contributed by atoms with Crippen molar-refractivity contribution in [1.29, 1.82) is 0 Å². The highest BCUT2D eigenvalue weighted by molar-refractivity contribution is 6.28. The van der Waals surface area contributed by atoms with Crippen LogP contribution >= 0.6 is 11.6 Å². The molecule has 2 aliphatic rings. The molecule has 0 radical (unpaired) electrons. The van der Waals surface area contributed by atoms with E-state index >= 15 is 0 Å². The SMILES string of the molecule is C[C@@H](Nc1nc(Cl)nc2c1CCN(CC1CCOC1)CC2)c1cc(N)cc(C(F)(F)F)c1. The van der Waals surface area contributed by atoms with E-state index in [1.807, 2.05) is 0 Å². The average molecular weight is 470 g/mol. The second-order valence-electron chi connectivity index (χ2n) is 8.55. The van der Waals surface area contributed by atoms with Gasteiger partial charge in [-0.2, -0.15) is 13.2 Å². The first-order chi connectivity index (χ1) is 15.2. The molecular formula is C22H27ClF3N5O. The van der Waals surface area contributed by atoms with Crippen LogP contribution < -0.4 is 11.1 Å². The lowest BCUT2D eigenvalue weighted by Crippen LogP contribution is -2.32. The predicted octanol–water partition coefficient (Wildman–Crippen LogP) is 4.34. The molecule has 0 spiro atoms. The number of ether oxygens (including phenoxy) is 1. The number of benzene rings is 1. The molecule has 0 amide bonds. The van der Waals surface area contributed by atoms with Crippen LogP contribution in [0.2, 0.25) is 5.28 Å². The maximum atomic E-state index is 13.2. The summed E-state index contributed by atoms with van der Waals surface area (Å²) in [5.41, 5.74) is 7.30. The fraction of sp³-hybridized carbons (Fsp3) is 0.545. The van der Waals surface area contributed by atoms with Crippen molar-refractivity contribution in [3.05, 3.63) is 45.9 Å². The minimum atomic E-state index is -4.47. The zero-order chi connectivity index (χ0) is 22.9. The molecule has 2 atom stereocenters. The zero-order valence-electron chi connectivity index (χ0n) is 17.9. The highest BCUT2D eigenvalue weighted by Crippen LogP contribution is 2.34. The molecule has 174 valence electrons. The number of alkyl halides is 3. The number of halogens is 4. The van der Waals surface area contributed by atoms with Gasteiger partial charge >= 0.3 is 6.18 Å². The Morgan fingerprint density at radius 1 is 1.25 bits per heavy atom. The number of nitrogen functional groups attached to an aromatic ring is 1. The van der Waals surface area contributed by atoms with Gasteiger partial charge in [0.25, 0.3) is 0 Å². The third kappa shape index (κ3) is 5.44. The lowest BCUT2D eigenvalue weighted by molar-refractivity contribution is -0.137. The molecular weight excluding hydrogens is 443 g/mol. The molecule has 1 aromatic carbocycles. The highest BCUT2D eigenvalue weighted by Gasteiger charge is 2.31. The number of fused-ring (bicyclic) bond motifs is 1. The number of hydrogen-bond acceptors (Lipinski definition) is 6. The third-order valence-corrected chi connectivity index (χ3v) is 6.28. The van der Waals surface area contributed by atoms with Crippen molar-refractivity contribution in [3.63, 3.8) is 0 Å². The summed E-state index contributed by atoms with van der Waals surface area (Å²) in [4.78, 5) is 11.2. The molecule has 0 aliphatic carbocycles. The predicted molar refractivity (Wildman–Crippen MR) is 118 cm³/mol. The van der Waals surface area contributed by atoms with E-state index in [1.54, 1.807) is 13.0 Å². The number of rotatable bonds is 5. The second kappa shape index (κ2) is 9.41. The van der Waals surface area contributed by atoms with Crippen molar-refractivity contribution in [1.82, 2.24) is 14.9 Å². The standard InChI is InChI=1S/C22H27ClF3N5O/c1-13(15-8-16(22(24,25)26)10-17(27)9-15)28-20-18-2-5-31(11-14-4-7-32-12-14)6-3-19(18)29-21(23)30-20/h8-10,13-14H,2-7,11-12,27H2,1H3,(H,28,29,30)/t13-,14?/m1/s1. The highest BCUT2D eigenvalue weighted by atomic mass is 35.5. The van der Waals surface area contributed by atoms with Crippen LogP contribution in [0.1, 0.15) is 41.8 Å². The maximum absolute atomic E-state index is 13.2. The molecule has 1 aromatic heterocycles. The van der Waals surface area contributed by atoms with Gasteiger partial charge in [-0.1, -0.05) is 0 Å². The van der Waals surface area contributed by atoms with E-state index in [0.717, 1.165) is 75.5 Å². The van der Waals surface area contributed by atoms with Gasteiger partial charge < -0.3 is 20.7 Å². The van der Waals surface area contributed by atoms with Crippen LogP contribution in [0.5, 0.6) is 0 Å². The average Bonchev–Trinajstić information content (AvgIpc) is 3.14. The van der Waals surface area contributed by atoms with Crippen LogP contribution in [0.3, 0.4) is 0 Å². The first-order valence-corrected chi connectivity index (χ1v) is 11.2. The molecule has 2 aromatic rings. The van der Waals surface area contributed by atoms with E-state index in [4.69, 9.17) is 22.1 Å². The smallest absolute Gasteiger partial charge is 0.399 e. The monoisotopic (exact) mass is 469 g/mol. The molecule has 32 heavy (non-hydrogen) atoms. The molecule has 0 saturated carbocycles. The molecule has 0 bridgehead atoms. The minimum Gasteiger partial charge on any atom is -0.399 e. The Morgan fingerprint density at radius 2 is 2.03 bits per heavy atom. The number of nitrogens with zero attached hydrogens (tertiary/aromatic N) is 3. The number of aromatic nitrogens is 2. The van der Waals surface area contributed by atoms with Gasteiger partial charge in [0.05, 0.1) is 23.9 Å². The summed E-state index contributed by atoms with van der Waals surface area (Å²) in [6.45, 7) is 6.12. The van der Waals surface area contributed by atoms with Gasteiger partial charge in [0, 0.05) is 43.9 Å². The van der Waals surface area contributed by atoms with Crippen molar-refractivity contribution in [2.24, 2.45) is 5.92 Å².